The summed E-state index contributed by atoms with van der Waals surface area (Å²) in [6.07, 6.45) is 0. The summed E-state index contributed by atoms with van der Waals surface area (Å²) in [6, 6.07) is 0. The average Bonchev–Trinajstić information content (AvgIpc) is 1.41. The maximum atomic E-state index is 8.95. The molecule has 0 rings (SSSR count). The Kier molecular flexibility index (Phi) is 13.6. The quantitative estimate of drug-likeness (QED) is 0.235. The van der Waals surface area contributed by atoms with Crippen LogP contribution in [-0.2, 0) is 14.3 Å². The first-order valence-electron chi connectivity index (χ1n) is 0.943. The second kappa shape index (κ2) is 8.83. The normalized spacial score (nSPS) is 4.67. The van der Waals surface area contributed by atoms with Gasteiger partial charge in [-0.2, -0.15) is 0 Å². The molecule has 0 N–H and O–H groups in total. The van der Waals surface area contributed by atoms with Gasteiger partial charge < -0.3 is 4.74 Å². The minimum absolute atomic E-state index is 0. The van der Waals surface area contributed by atoms with Crippen molar-refractivity contribution in [3.8, 4) is 0 Å². The Bertz CT molecular complexity index is 38.1. The van der Waals surface area contributed by atoms with Crippen molar-refractivity contribution in [2.75, 3.05) is 0 Å². The molecule has 4 heteroatoms. The van der Waals surface area contributed by atoms with E-state index in [2.05, 4.69) is 4.74 Å². The van der Waals surface area contributed by atoms with Gasteiger partial charge in [0, 0.05) is 0 Å². The molecule has 0 saturated carbocycles. The molecule has 3 nitrogen and oxygen atoms in total. The van der Waals surface area contributed by atoms with Crippen LogP contribution in [0.5, 0.6) is 0 Å². The van der Waals surface area contributed by atoms with Crippen molar-refractivity contribution in [2.45, 2.75) is 0 Å². The van der Waals surface area contributed by atoms with Gasteiger partial charge in [-0.05, 0) is 0 Å². The van der Waals surface area contributed by atoms with Gasteiger partial charge >= 0.3 is 31.8 Å². The molecular weight excluding hydrogens is 79.0 g/mol. The van der Waals surface area contributed by atoms with Crippen LogP contribution in [0, 0.1) is 0 Å². The van der Waals surface area contributed by atoms with Crippen LogP contribution in [0.4, 0.5) is 0 Å². The average molecular weight is 82.0 g/mol. The van der Waals surface area contributed by atoms with Gasteiger partial charge in [-0.15, -0.1) is 0 Å². The summed E-state index contributed by atoms with van der Waals surface area (Å²) in [5.74, 6) is 0. The van der Waals surface area contributed by atoms with Crippen LogP contribution in [0.25, 0.3) is 0 Å². The van der Waals surface area contributed by atoms with Crippen LogP contribution in [0.1, 0.15) is 0 Å². The molecule has 0 unspecified atom stereocenters. The molecule has 0 radical (unpaired) electrons. The second-order valence-corrected chi connectivity index (χ2v) is 0.329. The topological polar surface area (TPSA) is 43.4 Å². The van der Waals surface area contributed by atoms with E-state index >= 15 is 0 Å². The van der Waals surface area contributed by atoms with E-state index in [1.54, 1.807) is 0 Å². The van der Waals surface area contributed by atoms with Gasteiger partial charge in [-0.1, -0.05) is 0 Å². The van der Waals surface area contributed by atoms with Crippen molar-refractivity contribution >= 4 is 31.8 Å². The summed E-state index contributed by atoms with van der Waals surface area (Å²) in [4.78, 5) is 17.9. The number of carbonyl (C=O) groups is 2. The van der Waals surface area contributed by atoms with Crippen LogP contribution in [-0.4, -0.2) is 31.8 Å². The Balaban J connectivity index is 0. The van der Waals surface area contributed by atoms with Crippen LogP contribution in [0.3, 0.4) is 0 Å². The molecule has 0 aromatic rings. The third-order valence-electron chi connectivity index (χ3n) is 0.111. The Morgan fingerprint density at radius 3 is 1.50 bits per heavy atom. The summed E-state index contributed by atoms with van der Waals surface area (Å²) in [7, 11) is 0. The van der Waals surface area contributed by atoms with Crippen molar-refractivity contribution < 1.29 is 14.3 Å². The molecule has 0 bridgehead atoms. The zero-order chi connectivity index (χ0) is 4.12. The molecule has 0 aromatic heterocycles. The molecule has 0 spiro atoms. The Morgan fingerprint density at radius 2 is 1.50 bits per heavy atom. The Labute approximate surface area is 46.8 Å². The van der Waals surface area contributed by atoms with E-state index in [0.29, 0.717) is 0 Å². The molecule has 0 fully saturated rings. The molecule has 30 valence electrons. The summed E-state index contributed by atoms with van der Waals surface area (Å²) < 4.78 is 3.47. The first-order chi connectivity index (χ1) is 2.41. The Hall–Kier alpha value is -0.263. The molecular formula is C2H3LiO3. The van der Waals surface area contributed by atoms with Gasteiger partial charge in [0.1, 0.15) is 0 Å². The van der Waals surface area contributed by atoms with Crippen molar-refractivity contribution in [2.24, 2.45) is 0 Å². The van der Waals surface area contributed by atoms with Crippen LogP contribution in [0.2, 0.25) is 0 Å². The SMILES string of the molecule is O=COC=O.[LiH]. The van der Waals surface area contributed by atoms with E-state index < -0.39 is 0 Å². The zero-order valence-corrected chi connectivity index (χ0v) is 2.38. The van der Waals surface area contributed by atoms with E-state index in [0.717, 1.165) is 0 Å². The van der Waals surface area contributed by atoms with Gasteiger partial charge in [-0.3, -0.25) is 9.59 Å². The molecule has 0 aromatic carbocycles. The van der Waals surface area contributed by atoms with E-state index in [1.807, 2.05) is 0 Å². The first-order valence-corrected chi connectivity index (χ1v) is 0.943. The summed E-state index contributed by atoms with van der Waals surface area (Å²) >= 11 is 0. The van der Waals surface area contributed by atoms with Gasteiger partial charge in [0.05, 0.1) is 0 Å². The molecule has 0 heterocycles. The number of rotatable bonds is 2. The van der Waals surface area contributed by atoms with Gasteiger partial charge in [-0.25, -0.2) is 0 Å². The summed E-state index contributed by atoms with van der Waals surface area (Å²) in [5.41, 5.74) is 0. The number of hydrogen-bond acceptors (Lipinski definition) is 3. The summed E-state index contributed by atoms with van der Waals surface area (Å²) in [5, 5.41) is 0. The van der Waals surface area contributed by atoms with Gasteiger partial charge in [0.15, 0.2) is 0 Å². The predicted octanol–water partition coefficient (Wildman–Crippen LogP) is -1.33. The van der Waals surface area contributed by atoms with Crippen LogP contribution in [0.15, 0.2) is 0 Å². The minimum atomic E-state index is 0. The van der Waals surface area contributed by atoms with Crippen molar-refractivity contribution in [1.29, 1.82) is 0 Å². The van der Waals surface area contributed by atoms with E-state index in [4.69, 9.17) is 9.59 Å². The zero-order valence-electron chi connectivity index (χ0n) is 2.38. The molecule has 0 saturated heterocycles. The van der Waals surface area contributed by atoms with Crippen LogP contribution < -0.4 is 0 Å². The molecule has 0 amide bonds. The van der Waals surface area contributed by atoms with Crippen LogP contribution >= 0.6 is 0 Å². The fraction of sp³-hybridized carbons (Fsp3) is 0. The van der Waals surface area contributed by atoms with Crippen molar-refractivity contribution in [3.05, 3.63) is 0 Å². The molecule has 6 heavy (non-hydrogen) atoms. The first kappa shape index (κ1) is 9.22. The van der Waals surface area contributed by atoms with Crippen molar-refractivity contribution in [3.63, 3.8) is 0 Å². The monoisotopic (exact) mass is 82.0 g/mol. The third kappa shape index (κ3) is 9.28. The molecule has 0 aliphatic carbocycles. The number of ether oxygens (including phenoxy) is 1. The van der Waals surface area contributed by atoms with Crippen molar-refractivity contribution in [1.82, 2.24) is 0 Å². The van der Waals surface area contributed by atoms with Gasteiger partial charge in [0.25, 0.3) is 0 Å². The molecule has 0 atom stereocenters. The standard InChI is InChI=1S/C2H2O3.Li.H/c3-1-5-2-4;;/h1-2H;;. The Morgan fingerprint density at radius 1 is 1.17 bits per heavy atom. The third-order valence-corrected chi connectivity index (χ3v) is 0.111. The maximum absolute atomic E-state index is 8.95. The molecule has 0 aliphatic heterocycles. The second-order valence-electron chi connectivity index (χ2n) is 0.329. The summed E-state index contributed by atoms with van der Waals surface area (Å²) in [6.45, 7) is 0.125. The fourth-order valence-electron chi connectivity index (χ4n) is 0.0227. The van der Waals surface area contributed by atoms with E-state index in [1.165, 1.54) is 0 Å². The van der Waals surface area contributed by atoms with E-state index in [9.17, 15) is 0 Å². The van der Waals surface area contributed by atoms with Gasteiger partial charge in [0.2, 0.25) is 0 Å². The predicted molar refractivity (Wildman–Crippen MR) is 20.4 cm³/mol. The fourth-order valence-corrected chi connectivity index (χ4v) is 0.0227. The number of carbonyl (C=O) groups excluding carboxylic acids is 2. The molecule has 0 aliphatic rings. The van der Waals surface area contributed by atoms with E-state index in [-0.39, 0.29) is 31.8 Å². The number of hydrogen-bond donors (Lipinski definition) is 0.